The van der Waals surface area contributed by atoms with Crippen LogP contribution in [0, 0.1) is 13.8 Å². The van der Waals surface area contributed by atoms with Gasteiger partial charge < -0.3 is 19.3 Å². The van der Waals surface area contributed by atoms with Gasteiger partial charge in [0.15, 0.2) is 0 Å². The standard InChI is InChI=1S/C20H27N7O2/c1-15-3-4-17(16(2)13-15)14-21-25-18-22-19(26-5-9-28-10-6-26)24-20(23-18)27-7-11-29-12-8-27/h3-4,13-14H,5-12H2,1-2H3,(H,22,23,24,25)/b21-14+. The molecule has 0 bridgehead atoms. The zero-order chi connectivity index (χ0) is 20.1. The molecule has 0 radical (unpaired) electrons. The highest BCUT2D eigenvalue weighted by atomic mass is 16.5. The highest BCUT2D eigenvalue weighted by molar-refractivity contribution is 5.82. The zero-order valence-electron chi connectivity index (χ0n) is 17.0. The molecule has 3 heterocycles. The Labute approximate surface area is 170 Å². The van der Waals surface area contributed by atoms with Crippen LogP contribution in [-0.2, 0) is 9.47 Å². The third kappa shape index (κ3) is 4.99. The summed E-state index contributed by atoms with van der Waals surface area (Å²) < 4.78 is 10.9. The quantitative estimate of drug-likeness (QED) is 0.601. The molecule has 2 fully saturated rings. The van der Waals surface area contributed by atoms with Crippen molar-refractivity contribution in [1.82, 2.24) is 15.0 Å². The summed E-state index contributed by atoms with van der Waals surface area (Å²) in [5.41, 5.74) is 6.45. The van der Waals surface area contributed by atoms with E-state index in [0.717, 1.165) is 31.7 Å². The van der Waals surface area contributed by atoms with Crippen molar-refractivity contribution in [2.45, 2.75) is 13.8 Å². The van der Waals surface area contributed by atoms with Crippen LogP contribution < -0.4 is 15.2 Å². The fourth-order valence-electron chi connectivity index (χ4n) is 3.34. The van der Waals surface area contributed by atoms with Crippen molar-refractivity contribution in [2.24, 2.45) is 5.10 Å². The third-order valence-corrected chi connectivity index (χ3v) is 4.99. The van der Waals surface area contributed by atoms with Crippen LogP contribution in [0.4, 0.5) is 17.8 Å². The molecule has 29 heavy (non-hydrogen) atoms. The molecule has 1 N–H and O–H groups in total. The second-order valence-corrected chi connectivity index (χ2v) is 7.19. The number of aryl methyl sites for hydroxylation is 2. The highest BCUT2D eigenvalue weighted by Crippen LogP contribution is 2.19. The summed E-state index contributed by atoms with van der Waals surface area (Å²) in [7, 11) is 0. The summed E-state index contributed by atoms with van der Waals surface area (Å²) >= 11 is 0. The number of aromatic nitrogens is 3. The second kappa shape index (κ2) is 9.15. The van der Waals surface area contributed by atoms with E-state index in [2.05, 4.69) is 62.3 Å². The molecule has 2 aliphatic heterocycles. The van der Waals surface area contributed by atoms with E-state index in [1.165, 1.54) is 11.1 Å². The molecule has 0 saturated carbocycles. The first-order valence-corrected chi connectivity index (χ1v) is 9.97. The van der Waals surface area contributed by atoms with Gasteiger partial charge in [0.2, 0.25) is 17.8 Å². The van der Waals surface area contributed by atoms with Gasteiger partial charge in [0.05, 0.1) is 32.6 Å². The van der Waals surface area contributed by atoms with Crippen LogP contribution in [0.5, 0.6) is 0 Å². The molecular weight excluding hydrogens is 370 g/mol. The normalized spacial score (nSPS) is 17.7. The third-order valence-electron chi connectivity index (χ3n) is 4.99. The first-order valence-electron chi connectivity index (χ1n) is 9.97. The van der Waals surface area contributed by atoms with Gasteiger partial charge in [0, 0.05) is 26.2 Å². The average molecular weight is 397 g/mol. The molecule has 2 aromatic rings. The Morgan fingerprint density at radius 2 is 1.48 bits per heavy atom. The molecule has 2 aliphatic rings. The van der Waals surface area contributed by atoms with E-state index in [-0.39, 0.29) is 0 Å². The van der Waals surface area contributed by atoms with Crippen molar-refractivity contribution in [2.75, 3.05) is 67.8 Å². The van der Waals surface area contributed by atoms with Gasteiger partial charge >= 0.3 is 0 Å². The zero-order valence-corrected chi connectivity index (χ0v) is 17.0. The van der Waals surface area contributed by atoms with Gasteiger partial charge in [-0.15, -0.1) is 0 Å². The van der Waals surface area contributed by atoms with E-state index in [1.54, 1.807) is 6.21 Å². The number of rotatable bonds is 5. The van der Waals surface area contributed by atoms with Crippen LogP contribution in [-0.4, -0.2) is 73.8 Å². The molecule has 1 aromatic heterocycles. The lowest BCUT2D eigenvalue weighted by Crippen LogP contribution is -2.40. The molecule has 0 amide bonds. The van der Waals surface area contributed by atoms with Crippen LogP contribution >= 0.6 is 0 Å². The second-order valence-electron chi connectivity index (χ2n) is 7.19. The fourth-order valence-corrected chi connectivity index (χ4v) is 3.34. The van der Waals surface area contributed by atoms with Crippen molar-refractivity contribution in [3.05, 3.63) is 34.9 Å². The molecule has 1 aromatic carbocycles. The van der Waals surface area contributed by atoms with Gasteiger partial charge in [-0.2, -0.15) is 20.1 Å². The molecule has 154 valence electrons. The summed E-state index contributed by atoms with van der Waals surface area (Å²) in [6.45, 7) is 9.89. The van der Waals surface area contributed by atoms with Gasteiger partial charge in [-0.3, -0.25) is 0 Å². The maximum atomic E-state index is 5.45. The van der Waals surface area contributed by atoms with E-state index in [1.807, 2.05) is 0 Å². The minimum atomic E-state index is 0.434. The maximum Gasteiger partial charge on any atom is 0.250 e. The van der Waals surface area contributed by atoms with Gasteiger partial charge in [0.25, 0.3) is 0 Å². The molecule has 0 aliphatic carbocycles. The van der Waals surface area contributed by atoms with Crippen LogP contribution in [0.15, 0.2) is 23.3 Å². The number of hydrogen-bond acceptors (Lipinski definition) is 9. The van der Waals surface area contributed by atoms with Crippen LogP contribution in [0.3, 0.4) is 0 Å². The SMILES string of the molecule is Cc1ccc(/C=N/Nc2nc(N3CCOCC3)nc(N3CCOCC3)n2)c(C)c1. The molecule has 0 spiro atoms. The number of nitrogens with one attached hydrogen (secondary N) is 1. The Hall–Kier alpha value is -2.78. The molecule has 0 unspecified atom stereocenters. The highest BCUT2D eigenvalue weighted by Gasteiger charge is 2.20. The average Bonchev–Trinajstić information content (AvgIpc) is 2.76. The van der Waals surface area contributed by atoms with E-state index in [4.69, 9.17) is 14.5 Å². The summed E-state index contributed by atoms with van der Waals surface area (Å²) in [6, 6.07) is 6.27. The summed E-state index contributed by atoms with van der Waals surface area (Å²) in [6.07, 6.45) is 1.79. The summed E-state index contributed by atoms with van der Waals surface area (Å²) in [4.78, 5) is 18.1. The first-order chi connectivity index (χ1) is 14.2. The monoisotopic (exact) mass is 397 g/mol. The number of hydrogen-bond donors (Lipinski definition) is 1. The van der Waals surface area contributed by atoms with Crippen molar-refractivity contribution < 1.29 is 9.47 Å². The predicted octanol–water partition coefficient (Wildman–Crippen LogP) is 1.61. The van der Waals surface area contributed by atoms with Crippen LogP contribution in [0.1, 0.15) is 16.7 Å². The Morgan fingerprint density at radius 3 is 2.03 bits per heavy atom. The van der Waals surface area contributed by atoms with Crippen LogP contribution in [0.25, 0.3) is 0 Å². The van der Waals surface area contributed by atoms with Crippen molar-refractivity contribution in [3.8, 4) is 0 Å². The van der Waals surface area contributed by atoms with Gasteiger partial charge in [-0.1, -0.05) is 23.8 Å². The predicted molar refractivity (Wildman–Crippen MR) is 113 cm³/mol. The molecule has 9 heteroatoms. The van der Waals surface area contributed by atoms with E-state index >= 15 is 0 Å². The van der Waals surface area contributed by atoms with Crippen molar-refractivity contribution in [3.63, 3.8) is 0 Å². The minimum Gasteiger partial charge on any atom is -0.378 e. The Morgan fingerprint density at radius 1 is 0.897 bits per heavy atom. The van der Waals surface area contributed by atoms with Crippen LogP contribution in [0.2, 0.25) is 0 Å². The Bertz CT molecular complexity index is 826. The number of nitrogens with zero attached hydrogens (tertiary/aromatic N) is 6. The van der Waals surface area contributed by atoms with E-state index < -0.39 is 0 Å². The van der Waals surface area contributed by atoms with Gasteiger partial charge in [0.1, 0.15) is 0 Å². The number of morpholine rings is 2. The van der Waals surface area contributed by atoms with Gasteiger partial charge in [-0.25, -0.2) is 5.43 Å². The number of benzene rings is 1. The first kappa shape index (κ1) is 19.5. The Balaban J connectivity index is 1.56. The lowest BCUT2D eigenvalue weighted by Gasteiger charge is -2.30. The largest absolute Gasteiger partial charge is 0.378 e. The molecule has 9 nitrogen and oxygen atoms in total. The van der Waals surface area contributed by atoms with E-state index in [0.29, 0.717) is 44.3 Å². The minimum absolute atomic E-state index is 0.434. The smallest absolute Gasteiger partial charge is 0.250 e. The summed E-state index contributed by atoms with van der Waals surface area (Å²) in [5.74, 6) is 1.73. The lowest BCUT2D eigenvalue weighted by atomic mass is 10.1. The van der Waals surface area contributed by atoms with Gasteiger partial charge in [-0.05, 0) is 25.0 Å². The topological polar surface area (TPSA) is 88.0 Å². The van der Waals surface area contributed by atoms with Crippen molar-refractivity contribution >= 4 is 24.1 Å². The maximum absolute atomic E-state index is 5.45. The molecule has 0 atom stereocenters. The number of anilines is 3. The van der Waals surface area contributed by atoms with E-state index in [9.17, 15) is 0 Å². The Kier molecular flexibility index (Phi) is 6.16. The lowest BCUT2D eigenvalue weighted by molar-refractivity contribution is 0.121. The molecule has 2 saturated heterocycles. The molecular formula is C20H27N7O2. The fraction of sp³-hybridized carbons (Fsp3) is 0.500. The summed E-state index contributed by atoms with van der Waals surface area (Å²) in [5, 5.41) is 4.36. The van der Waals surface area contributed by atoms with Crippen molar-refractivity contribution in [1.29, 1.82) is 0 Å². The number of hydrazone groups is 1. The number of ether oxygens (including phenoxy) is 2. The molecule has 4 rings (SSSR count).